The van der Waals surface area contributed by atoms with E-state index in [1.54, 1.807) is 36.3 Å². The average molecular weight is 297 g/mol. The molecule has 4 heteroatoms. The molecule has 0 aromatic heterocycles. The number of aliphatic hydroxyl groups excluding tert-OH is 1. The zero-order valence-electron chi connectivity index (χ0n) is 12.7. The smallest absolute Gasteiger partial charge is 0.258 e. The topological polar surface area (TPSA) is 49.8 Å². The Balaban J connectivity index is 1.98. The van der Waals surface area contributed by atoms with Crippen LogP contribution >= 0.6 is 0 Å². The van der Waals surface area contributed by atoms with Gasteiger partial charge in [0.25, 0.3) is 5.91 Å². The summed E-state index contributed by atoms with van der Waals surface area (Å²) in [5.41, 5.74) is 3.28. The van der Waals surface area contributed by atoms with Gasteiger partial charge in [0.05, 0.1) is 18.9 Å². The quantitative estimate of drug-likeness (QED) is 0.926. The number of rotatable bonds is 2. The molecule has 1 aliphatic heterocycles. The Hall–Kier alpha value is -2.33. The lowest BCUT2D eigenvalue weighted by atomic mass is 9.95. The van der Waals surface area contributed by atoms with Gasteiger partial charge in [0.1, 0.15) is 5.75 Å². The van der Waals surface area contributed by atoms with Crippen molar-refractivity contribution in [3.8, 4) is 5.75 Å². The van der Waals surface area contributed by atoms with Crippen LogP contribution in [-0.4, -0.2) is 24.7 Å². The first-order valence-electron chi connectivity index (χ1n) is 7.35. The summed E-state index contributed by atoms with van der Waals surface area (Å²) in [6.45, 7) is 2.48. The normalized spacial score (nSPS) is 17.0. The van der Waals surface area contributed by atoms with E-state index in [1.165, 1.54) is 0 Å². The molecule has 1 N–H and O–H groups in total. The van der Waals surface area contributed by atoms with Crippen molar-refractivity contribution >= 4 is 11.6 Å². The summed E-state index contributed by atoms with van der Waals surface area (Å²) in [4.78, 5) is 14.6. The number of carbonyl (C=O) groups is 1. The summed E-state index contributed by atoms with van der Waals surface area (Å²) < 4.78 is 5.13. The first-order valence-corrected chi connectivity index (χ1v) is 7.35. The second-order valence-electron chi connectivity index (χ2n) is 5.50. The number of aliphatic hydroxyl groups is 1. The monoisotopic (exact) mass is 297 g/mol. The molecular weight excluding hydrogens is 278 g/mol. The summed E-state index contributed by atoms with van der Waals surface area (Å²) in [6.07, 6.45) is 0.0491. The van der Waals surface area contributed by atoms with E-state index in [0.29, 0.717) is 18.5 Å². The van der Waals surface area contributed by atoms with Crippen LogP contribution < -0.4 is 9.64 Å². The molecule has 1 unspecified atom stereocenters. The summed E-state index contributed by atoms with van der Waals surface area (Å²) in [6, 6.07) is 12.9. The molecule has 0 spiro atoms. The van der Waals surface area contributed by atoms with E-state index in [4.69, 9.17) is 4.74 Å². The van der Waals surface area contributed by atoms with Crippen LogP contribution in [0.2, 0.25) is 0 Å². The molecule has 0 fully saturated rings. The fourth-order valence-electron chi connectivity index (χ4n) is 2.93. The van der Waals surface area contributed by atoms with Gasteiger partial charge in [-0.15, -0.1) is 0 Å². The van der Waals surface area contributed by atoms with Crippen LogP contribution in [0.4, 0.5) is 5.69 Å². The molecule has 1 amide bonds. The van der Waals surface area contributed by atoms with E-state index in [1.807, 2.05) is 25.1 Å². The zero-order valence-corrected chi connectivity index (χ0v) is 12.7. The van der Waals surface area contributed by atoms with Crippen LogP contribution in [0.15, 0.2) is 42.5 Å². The first-order chi connectivity index (χ1) is 10.6. The number of ether oxygens (including phenoxy) is 1. The standard InChI is InChI=1S/C18H19NO3/c1-12-4-3-5-15-16(20)10-11-19(17(12)15)18(21)13-6-8-14(22-2)9-7-13/h3-9,16,20H,10-11H2,1-2H3. The maximum Gasteiger partial charge on any atom is 0.258 e. The predicted octanol–water partition coefficient (Wildman–Crippen LogP) is 3.09. The van der Waals surface area contributed by atoms with Crippen LogP contribution in [0, 0.1) is 6.92 Å². The fourth-order valence-corrected chi connectivity index (χ4v) is 2.93. The Morgan fingerprint density at radius 2 is 1.95 bits per heavy atom. The number of aryl methyl sites for hydroxylation is 1. The molecule has 0 bridgehead atoms. The number of carbonyl (C=O) groups excluding carboxylic acids is 1. The van der Waals surface area contributed by atoms with Crippen LogP contribution in [0.25, 0.3) is 0 Å². The minimum Gasteiger partial charge on any atom is -0.497 e. The van der Waals surface area contributed by atoms with Gasteiger partial charge in [0, 0.05) is 17.7 Å². The van der Waals surface area contributed by atoms with E-state index >= 15 is 0 Å². The van der Waals surface area contributed by atoms with E-state index in [2.05, 4.69) is 0 Å². The Bertz CT molecular complexity index is 694. The maximum absolute atomic E-state index is 12.8. The molecule has 1 atom stereocenters. The third-order valence-corrected chi connectivity index (χ3v) is 4.11. The molecule has 2 aromatic rings. The summed E-state index contributed by atoms with van der Waals surface area (Å²) in [5.74, 6) is 0.673. The molecule has 22 heavy (non-hydrogen) atoms. The number of fused-ring (bicyclic) bond motifs is 1. The Morgan fingerprint density at radius 1 is 1.23 bits per heavy atom. The maximum atomic E-state index is 12.8. The second-order valence-corrected chi connectivity index (χ2v) is 5.50. The Labute approximate surface area is 130 Å². The highest BCUT2D eigenvalue weighted by Crippen LogP contribution is 2.37. The lowest BCUT2D eigenvalue weighted by molar-refractivity contribution is 0.0970. The fraction of sp³-hybridized carbons (Fsp3) is 0.278. The van der Waals surface area contributed by atoms with Crippen molar-refractivity contribution in [3.05, 3.63) is 59.2 Å². The zero-order chi connectivity index (χ0) is 15.7. The average Bonchev–Trinajstić information content (AvgIpc) is 2.55. The third kappa shape index (κ3) is 2.46. The third-order valence-electron chi connectivity index (χ3n) is 4.11. The largest absolute Gasteiger partial charge is 0.497 e. The molecule has 0 aliphatic carbocycles. The van der Waals surface area contributed by atoms with Crippen molar-refractivity contribution in [1.82, 2.24) is 0 Å². The van der Waals surface area contributed by atoms with Crippen molar-refractivity contribution in [2.75, 3.05) is 18.6 Å². The predicted molar refractivity (Wildman–Crippen MR) is 85.4 cm³/mol. The number of hydrogen-bond acceptors (Lipinski definition) is 3. The lowest BCUT2D eigenvalue weighted by Crippen LogP contribution is -2.37. The van der Waals surface area contributed by atoms with Gasteiger partial charge in [-0.25, -0.2) is 0 Å². The molecule has 1 aliphatic rings. The summed E-state index contributed by atoms with van der Waals surface area (Å²) in [5, 5.41) is 10.2. The molecule has 114 valence electrons. The van der Waals surface area contributed by atoms with Crippen molar-refractivity contribution in [2.45, 2.75) is 19.4 Å². The highest BCUT2D eigenvalue weighted by Gasteiger charge is 2.29. The second kappa shape index (κ2) is 5.81. The minimum absolute atomic E-state index is 0.0508. The van der Waals surface area contributed by atoms with Gasteiger partial charge in [-0.05, 0) is 43.2 Å². The molecule has 0 saturated carbocycles. The van der Waals surface area contributed by atoms with Gasteiger partial charge in [-0.1, -0.05) is 18.2 Å². The lowest BCUT2D eigenvalue weighted by Gasteiger charge is -2.33. The highest BCUT2D eigenvalue weighted by atomic mass is 16.5. The molecule has 2 aromatic carbocycles. The molecule has 4 nitrogen and oxygen atoms in total. The van der Waals surface area contributed by atoms with Gasteiger partial charge < -0.3 is 14.7 Å². The number of para-hydroxylation sites is 1. The van der Waals surface area contributed by atoms with Crippen LogP contribution in [0.5, 0.6) is 5.75 Å². The first kappa shape index (κ1) is 14.6. The number of benzene rings is 2. The van der Waals surface area contributed by atoms with Crippen molar-refractivity contribution in [3.63, 3.8) is 0 Å². The van der Waals surface area contributed by atoms with E-state index in [9.17, 15) is 9.90 Å². The van der Waals surface area contributed by atoms with Crippen LogP contribution in [0.1, 0.15) is 34.0 Å². The van der Waals surface area contributed by atoms with Crippen LogP contribution in [-0.2, 0) is 0 Å². The van der Waals surface area contributed by atoms with Crippen molar-refractivity contribution in [1.29, 1.82) is 0 Å². The number of methoxy groups -OCH3 is 1. The minimum atomic E-state index is -0.505. The number of anilines is 1. The van der Waals surface area contributed by atoms with E-state index < -0.39 is 6.10 Å². The molecule has 3 rings (SSSR count). The number of amides is 1. The number of nitrogens with zero attached hydrogens (tertiary/aromatic N) is 1. The molecule has 0 radical (unpaired) electrons. The van der Waals surface area contributed by atoms with Gasteiger partial charge >= 0.3 is 0 Å². The van der Waals surface area contributed by atoms with Crippen molar-refractivity contribution in [2.24, 2.45) is 0 Å². The van der Waals surface area contributed by atoms with Crippen LogP contribution in [0.3, 0.4) is 0 Å². The molecule has 0 saturated heterocycles. The highest BCUT2D eigenvalue weighted by molar-refractivity contribution is 6.07. The van der Waals surface area contributed by atoms with Gasteiger partial charge in [-0.2, -0.15) is 0 Å². The van der Waals surface area contributed by atoms with Gasteiger partial charge in [0.15, 0.2) is 0 Å². The Morgan fingerprint density at radius 3 is 2.64 bits per heavy atom. The summed E-state index contributed by atoms with van der Waals surface area (Å²) in [7, 11) is 1.60. The van der Waals surface area contributed by atoms with Crippen molar-refractivity contribution < 1.29 is 14.6 Å². The number of hydrogen-bond donors (Lipinski definition) is 1. The Kier molecular flexibility index (Phi) is 3.86. The van der Waals surface area contributed by atoms with E-state index in [-0.39, 0.29) is 5.91 Å². The molecule has 1 heterocycles. The SMILES string of the molecule is COc1ccc(C(=O)N2CCC(O)c3cccc(C)c32)cc1. The summed E-state index contributed by atoms with van der Waals surface area (Å²) >= 11 is 0. The van der Waals surface area contributed by atoms with Gasteiger partial charge in [0.2, 0.25) is 0 Å². The molecular formula is C18H19NO3. The van der Waals surface area contributed by atoms with E-state index in [0.717, 1.165) is 22.6 Å². The van der Waals surface area contributed by atoms with Gasteiger partial charge in [-0.3, -0.25) is 4.79 Å².